The molecule has 7 heteroatoms. The van der Waals surface area contributed by atoms with Gasteiger partial charge in [-0.15, -0.1) is 0 Å². The van der Waals surface area contributed by atoms with Crippen molar-refractivity contribution in [2.24, 2.45) is 5.10 Å². The van der Waals surface area contributed by atoms with Crippen LogP contribution < -0.4 is 5.43 Å². The molecule has 0 amide bonds. The first-order valence-corrected chi connectivity index (χ1v) is 5.55. The van der Waals surface area contributed by atoms with E-state index in [1.54, 1.807) is 24.3 Å². The Kier molecular flexibility index (Phi) is 4.09. The van der Waals surface area contributed by atoms with Crippen LogP contribution in [0, 0.1) is 11.3 Å². The van der Waals surface area contributed by atoms with Crippen molar-refractivity contribution < 1.29 is 13.9 Å². The number of methoxy groups -OCH3 is 1. The molecule has 0 aliphatic rings. The van der Waals surface area contributed by atoms with Gasteiger partial charge in [-0.25, -0.2) is 15.2 Å². The molecule has 0 atom stereocenters. The number of nitriles is 1. The lowest BCUT2D eigenvalue weighted by Gasteiger charge is -1.99. The second-order valence-electron chi connectivity index (χ2n) is 3.63. The van der Waals surface area contributed by atoms with Crippen LogP contribution in [0.4, 0.5) is 5.88 Å². The van der Waals surface area contributed by atoms with Crippen molar-refractivity contribution in [1.29, 1.82) is 5.26 Å². The van der Waals surface area contributed by atoms with Gasteiger partial charge in [0.25, 0.3) is 5.88 Å². The minimum absolute atomic E-state index is 0.128. The van der Waals surface area contributed by atoms with Crippen LogP contribution in [0.15, 0.2) is 40.2 Å². The summed E-state index contributed by atoms with van der Waals surface area (Å²) in [5.74, 6) is -0.220. The third-order valence-electron chi connectivity index (χ3n) is 2.38. The lowest BCUT2D eigenvalue weighted by atomic mass is 10.1. The molecule has 2 aromatic rings. The first-order chi connectivity index (χ1) is 9.74. The van der Waals surface area contributed by atoms with E-state index < -0.39 is 5.97 Å². The topological polar surface area (TPSA) is 101 Å². The Balaban J connectivity index is 2.02. The number of hydrogen-bond donors (Lipinski definition) is 1. The predicted octanol–water partition coefficient (Wildman–Crippen LogP) is 1.78. The molecule has 0 aliphatic heterocycles. The summed E-state index contributed by atoms with van der Waals surface area (Å²) in [6, 6.07) is 8.54. The molecular formula is C13H10N4O3. The number of nitrogens with zero attached hydrogens (tertiary/aromatic N) is 3. The average Bonchev–Trinajstić information content (AvgIpc) is 2.94. The zero-order chi connectivity index (χ0) is 14.4. The molecule has 7 nitrogen and oxygen atoms in total. The summed E-state index contributed by atoms with van der Waals surface area (Å²) in [7, 11) is 1.33. The zero-order valence-corrected chi connectivity index (χ0v) is 10.5. The maximum atomic E-state index is 11.2. The number of rotatable bonds is 4. The van der Waals surface area contributed by atoms with Crippen LogP contribution in [0.25, 0.3) is 0 Å². The van der Waals surface area contributed by atoms with Crippen molar-refractivity contribution in [3.05, 3.63) is 47.5 Å². The molecule has 1 N–H and O–H groups in total. The molecule has 1 heterocycles. The Morgan fingerprint density at radius 1 is 1.50 bits per heavy atom. The molecule has 0 saturated heterocycles. The summed E-state index contributed by atoms with van der Waals surface area (Å²) in [5.41, 5.74) is 3.92. The fourth-order valence-corrected chi connectivity index (χ4v) is 1.39. The maximum Gasteiger partial charge on any atom is 0.337 e. The van der Waals surface area contributed by atoms with Gasteiger partial charge in [0.2, 0.25) is 5.69 Å². The monoisotopic (exact) mass is 270 g/mol. The van der Waals surface area contributed by atoms with Crippen LogP contribution in [-0.4, -0.2) is 24.3 Å². The van der Waals surface area contributed by atoms with Crippen LogP contribution in [0.1, 0.15) is 21.6 Å². The Hall–Kier alpha value is -3.14. The van der Waals surface area contributed by atoms with Gasteiger partial charge in [0, 0.05) is 0 Å². The van der Waals surface area contributed by atoms with Crippen LogP contribution in [0.3, 0.4) is 0 Å². The largest absolute Gasteiger partial charge is 0.465 e. The fourth-order valence-electron chi connectivity index (χ4n) is 1.39. The molecule has 0 radical (unpaired) electrons. The summed E-state index contributed by atoms with van der Waals surface area (Å²) in [5, 5.41) is 12.6. The molecule has 0 fully saturated rings. The zero-order valence-electron chi connectivity index (χ0n) is 10.5. The van der Waals surface area contributed by atoms with Gasteiger partial charge >= 0.3 is 5.97 Å². The summed E-state index contributed by atoms with van der Waals surface area (Å²) in [4.78, 5) is 14.9. The second-order valence-corrected chi connectivity index (χ2v) is 3.63. The minimum Gasteiger partial charge on any atom is -0.465 e. The van der Waals surface area contributed by atoms with E-state index in [-0.39, 0.29) is 11.6 Å². The summed E-state index contributed by atoms with van der Waals surface area (Å²) < 4.78 is 9.54. The molecule has 0 saturated carbocycles. The van der Waals surface area contributed by atoms with Gasteiger partial charge in [-0.05, 0) is 17.7 Å². The standard InChI is InChI=1S/C13H10N4O3/c1-19-13(18)10-4-2-9(3-5-10)7-16-17-12-11(6-14)15-8-20-12/h2-5,7-8,17H,1H3/b16-7-. The van der Waals surface area contributed by atoms with E-state index in [4.69, 9.17) is 9.68 Å². The molecule has 0 bridgehead atoms. The molecule has 0 spiro atoms. The molecule has 0 aliphatic carbocycles. The van der Waals surface area contributed by atoms with Crippen molar-refractivity contribution in [3.8, 4) is 6.07 Å². The first-order valence-electron chi connectivity index (χ1n) is 5.55. The molecule has 100 valence electrons. The summed E-state index contributed by atoms with van der Waals surface area (Å²) >= 11 is 0. The number of ether oxygens (including phenoxy) is 1. The third-order valence-corrected chi connectivity index (χ3v) is 2.38. The predicted molar refractivity (Wildman–Crippen MR) is 70.2 cm³/mol. The van der Waals surface area contributed by atoms with E-state index in [2.05, 4.69) is 20.2 Å². The summed E-state index contributed by atoms with van der Waals surface area (Å²) in [6.07, 6.45) is 2.67. The van der Waals surface area contributed by atoms with Crippen molar-refractivity contribution in [1.82, 2.24) is 4.98 Å². The maximum absolute atomic E-state index is 11.2. The number of nitrogens with one attached hydrogen (secondary N) is 1. The van der Waals surface area contributed by atoms with E-state index >= 15 is 0 Å². The average molecular weight is 270 g/mol. The number of carbonyl (C=O) groups excluding carboxylic acids is 1. The lowest BCUT2D eigenvalue weighted by molar-refractivity contribution is 0.0600. The quantitative estimate of drug-likeness (QED) is 0.516. The lowest BCUT2D eigenvalue weighted by Crippen LogP contribution is -2.00. The highest BCUT2D eigenvalue weighted by atomic mass is 16.5. The third kappa shape index (κ3) is 3.00. The van der Waals surface area contributed by atoms with Gasteiger partial charge in [0.1, 0.15) is 6.07 Å². The van der Waals surface area contributed by atoms with Crippen molar-refractivity contribution >= 4 is 18.1 Å². The van der Waals surface area contributed by atoms with Crippen LogP contribution in [0.5, 0.6) is 0 Å². The number of carbonyl (C=O) groups is 1. The van der Waals surface area contributed by atoms with Gasteiger partial charge in [-0.2, -0.15) is 10.4 Å². The minimum atomic E-state index is -0.396. The van der Waals surface area contributed by atoms with Gasteiger partial charge in [0.05, 0.1) is 18.9 Å². The molecule has 2 rings (SSSR count). The summed E-state index contributed by atoms with van der Waals surface area (Å²) in [6.45, 7) is 0. The van der Waals surface area contributed by atoms with Crippen LogP contribution in [-0.2, 0) is 4.74 Å². The normalized spacial score (nSPS) is 10.2. The first kappa shape index (κ1) is 13.3. The van der Waals surface area contributed by atoms with Gasteiger partial charge in [-0.1, -0.05) is 12.1 Å². The Morgan fingerprint density at radius 3 is 2.90 bits per heavy atom. The Labute approximate surface area is 114 Å². The van der Waals surface area contributed by atoms with E-state index in [1.807, 2.05) is 6.07 Å². The SMILES string of the molecule is COC(=O)c1ccc(/C=N\Nc2ocnc2C#N)cc1. The van der Waals surface area contributed by atoms with Gasteiger partial charge in [0.15, 0.2) is 6.39 Å². The molecule has 1 aromatic carbocycles. The number of esters is 1. The second kappa shape index (κ2) is 6.15. The van der Waals surface area contributed by atoms with E-state index in [1.165, 1.54) is 13.3 Å². The van der Waals surface area contributed by atoms with Crippen molar-refractivity contribution in [3.63, 3.8) is 0 Å². The number of aromatic nitrogens is 1. The van der Waals surface area contributed by atoms with Gasteiger partial charge in [-0.3, -0.25) is 0 Å². The van der Waals surface area contributed by atoms with E-state index in [0.717, 1.165) is 12.0 Å². The molecule has 1 aromatic heterocycles. The molecule has 20 heavy (non-hydrogen) atoms. The highest BCUT2D eigenvalue weighted by molar-refractivity contribution is 5.90. The Bertz CT molecular complexity index is 668. The molecule has 0 unspecified atom stereocenters. The van der Waals surface area contributed by atoms with Crippen molar-refractivity contribution in [2.45, 2.75) is 0 Å². The number of oxazole rings is 1. The van der Waals surface area contributed by atoms with Crippen LogP contribution >= 0.6 is 0 Å². The number of hydrazone groups is 1. The Morgan fingerprint density at radius 2 is 2.25 bits per heavy atom. The van der Waals surface area contributed by atoms with Crippen molar-refractivity contribution in [2.75, 3.05) is 12.5 Å². The number of anilines is 1. The van der Waals surface area contributed by atoms with Crippen LogP contribution in [0.2, 0.25) is 0 Å². The fraction of sp³-hybridized carbons (Fsp3) is 0.0769. The molecular weight excluding hydrogens is 260 g/mol. The highest BCUT2D eigenvalue weighted by Crippen LogP contribution is 2.11. The smallest absolute Gasteiger partial charge is 0.337 e. The van der Waals surface area contributed by atoms with Gasteiger partial charge < -0.3 is 9.15 Å². The van der Waals surface area contributed by atoms with E-state index in [0.29, 0.717) is 5.56 Å². The number of hydrogen-bond acceptors (Lipinski definition) is 7. The highest BCUT2D eigenvalue weighted by Gasteiger charge is 2.05. The number of benzene rings is 1. The van der Waals surface area contributed by atoms with E-state index in [9.17, 15) is 4.79 Å².